The Morgan fingerprint density at radius 1 is 1.05 bits per heavy atom. The number of ether oxygens (including phenoxy) is 1. The minimum Gasteiger partial charge on any atom is -0.489 e. The first-order valence-corrected chi connectivity index (χ1v) is 6.42. The molecule has 2 rings (SSSR count). The number of benzene rings is 2. The Labute approximate surface area is 119 Å². The molecular formula is C14H10Cl2F2O. The van der Waals surface area contributed by atoms with E-state index in [9.17, 15) is 8.78 Å². The van der Waals surface area contributed by atoms with Crippen LogP contribution in [0.5, 0.6) is 5.75 Å². The normalized spacial score (nSPS) is 10.5. The van der Waals surface area contributed by atoms with Crippen LogP contribution in [-0.4, -0.2) is 0 Å². The SMILES string of the molecule is Fc1ccc(OCc2ccc(F)c(Cl)c2)c(CCl)c1. The first-order valence-electron chi connectivity index (χ1n) is 5.51. The molecular weight excluding hydrogens is 293 g/mol. The maximum absolute atomic E-state index is 13.0. The topological polar surface area (TPSA) is 9.23 Å². The van der Waals surface area contributed by atoms with E-state index in [0.29, 0.717) is 11.3 Å². The third-order valence-corrected chi connectivity index (χ3v) is 3.12. The third kappa shape index (κ3) is 3.58. The smallest absolute Gasteiger partial charge is 0.141 e. The van der Waals surface area contributed by atoms with Crippen molar-refractivity contribution in [1.82, 2.24) is 0 Å². The summed E-state index contributed by atoms with van der Waals surface area (Å²) in [6.07, 6.45) is 0. The van der Waals surface area contributed by atoms with Crippen LogP contribution in [0.3, 0.4) is 0 Å². The molecule has 0 atom stereocenters. The zero-order valence-electron chi connectivity index (χ0n) is 9.80. The number of hydrogen-bond donors (Lipinski definition) is 0. The second-order valence-electron chi connectivity index (χ2n) is 3.92. The van der Waals surface area contributed by atoms with Crippen LogP contribution in [-0.2, 0) is 12.5 Å². The van der Waals surface area contributed by atoms with Gasteiger partial charge in [0.15, 0.2) is 0 Å². The summed E-state index contributed by atoms with van der Waals surface area (Å²) >= 11 is 11.4. The van der Waals surface area contributed by atoms with Crippen molar-refractivity contribution < 1.29 is 13.5 Å². The molecule has 5 heteroatoms. The highest BCUT2D eigenvalue weighted by atomic mass is 35.5. The van der Waals surface area contributed by atoms with Crippen molar-refractivity contribution >= 4 is 23.2 Å². The lowest BCUT2D eigenvalue weighted by molar-refractivity contribution is 0.303. The fraction of sp³-hybridized carbons (Fsp3) is 0.143. The van der Waals surface area contributed by atoms with Crippen molar-refractivity contribution in [2.24, 2.45) is 0 Å². The lowest BCUT2D eigenvalue weighted by atomic mass is 10.2. The lowest BCUT2D eigenvalue weighted by Crippen LogP contribution is -1.99. The average molecular weight is 303 g/mol. The Morgan fingerprint density at radius 2 is 1.84 bits per heavy atom. The van der Waals surface area contributed by atoms with Crippen LogP contribution in [0.4, 0.5) is 8.78 Å². The largest absolute Gasteiger partial charge is 0.489 e. The average Bonchev–Trinajstić information content (AvgIpc) is 2.41. The first-order chi connectivity index (χ1) is 9.10. The van der Waals surface area contributed by atoms with Gasteiger partial charge in [-0.15, -0.1) is 11.6 Å². The highest BCUT2D eigenvalue weighted by Gasteiger charge is 2.06. The maximum Gasteiger partial charge on any atom is 0.141 e. The number of halogens is 4. The molecule has 0 radical (unpaired) electrons. The molecule has 0 saturated heterocycles. The number of alkyl halides is 1. The van der Waals surface area contributed by atoms with E-state index in [1.165, 1.54) is 30.3 Å². The highest BCUT2D eigenvalue weighted by Crippen LogP contribution is 2.23. The molecule has 0 amide bonds. The Kier molecular flexibility index (Phi) is 4.61. The van der Waals surface area contributed by atoms with E-state index in [-0.39, 0.29) is 23.3 Å². The number of rotatable bonds is 4. The van der Waals surface area contributed by atoms with Crippen LogP contribution in [0.1, 0.15) is 11.1 Å². The number of hydrogen-bond acceptors (Lipinski definition) is 1. The van der Waals surface area contributed by atoms with Crippen LogP contribution in [0, 0.1) is 11.6 Å². The van der Waals surface area contributed by atoms with Gasteiger partial charge < -0.3 is 4.74 Å². The summed E-state index contributed by atoms with van der Waals surface area (Å²) in [4.78, 5) is 0. The van der Waals surface area contributed by atoms with Gasteiger partial charge in [-0.1, -0.05) is 17.7 Å². The minimum atomic E-state index is -0.478. The van der Waals surface area contributed by atoms with Gasteiger partial charge in [0, 0.05) is 5.56 Å². The van der Waals surface area contributed by atoms with Crippen molar-refractivity contribution in [1.29, 1.82) is 0 Å². The molecule has 100 valence electrons. The molecule has 19 heavy (non-hydrogen) atoms. The van der Waals surface area contributed by atoms with Crippen LogP contribution in [0.25, 0.3) is 0 Å². The summed E-state index contributed by atoms with van der Waals surface area (Å²) in [5.41, 5.74) is 1.28. The molecule has 0 saturated carbocycles. The van der Waals surface area contributed by atoms with Gasteiger partial charge in [-0.25, -0.2) is 8.78 Å². The Bertz CT molecular complexity index is 588. The van der Waals surface area contributed by atoms with Gasteiger partial charge in [0.25, 0.3) is 0 Å². The van der Waals surface area contributed by atoms with Crippen LogP contribution >= 0.6 is 23.2 Å². The molecule has 0 unspecified atom stereocenters. The van der Waals surface area contributed by atoms with E-state index in [4.69, 9.17) is 27.9 Å². The Morgan fingerprint density at radius 3 is 2.53 bits per heavy atom. The van der Waals surface area contributed by atoms with Crippen LogP contribution in [0.2, 0.25) is 5.02 Å². The van der Waals surface area contributed by atoms with Gasteiger partial charge in [-0.05, 0) is 35.9 Å². The van der Waals surface area contributed by atoms with Crippen molar-refractivity contribution in [3.05, 3.63) is 64.2 Å². The zero-order valence-corrected chi connectivity index (χ0v) is 11.3. The molecule has 0 aromatic heterocycles. The fourth-order valence-electron chi connectivity index (χ4n) is 1.58. The summed E-state index contributed by atoms with van der Waals surface area (Å²) in [6, 6.07) is 8.46. The quantitative estimate of drug-likeness (QED) is 0.727. The summed E-state index contributed by atoms with van der Waals surface area (Å²) < 4.78 is 31.5. The minimum absolute atomic E-state index is 0.0396. The molecule has 0 spiro atoms. The highest BCUT2D eigenvalue weighted by molar-refractivity contribution is 6.30. The summed E-state index contributed by atoms with van der Waals surface area (Å²) in [5.74, 6) is -0.199. The molecule has 0 N–H and O–H groups in total. The molecule has 2 aromatic carbocycles. The van der Waals surface area contributed by atoms with Gasteiger partial charge in [0.05, 0.1) is 10.9 Å². The van der Waals surface area contributed by atoms with Gasteiger partial charge >= 0.3 is 0 Å². The zero-order chi connectivity index (χ0) is 13.8. The van der Waals surface area contributed by atoms with E-state index in [0.717, 1.165) is 5.56 Å². The van der Waals surface area contributed by atoms with Crippen molar-refractivity contribution in [3.8, 4) is 5.75 Å². The van der Waals surface area contributed by atoms with E-state index in [2.05, 4.69) is 0 Å². The van der Waals surface area contributed by atoms with Gasteiger partial charge in [0.1, 0.15) is 24.0 Å². The standard InChI is InChI=1S/C14H10Cl2F2O/c15-7-10-6-11(17)2-4-14(10)19-8-9-1-3-13(18)12(16)5-9/h1-6H,7-8H2. The molecule has 0 aliphatic rings. The second-order valence-corrected chi connectivity index (χ2v) is 4.60. The molecule has 0 aliphatic heterocycles. The van der Waals surface area contributed by atoms with Gasteiger partial charge in [-0.2, -0.15) is 0 Å². The van der Waals surface area contributed by atoms with Crippen molar-refractivity contribution in [3.63, 3.8) is 0 Å². The molecule has 0 bridgehead atoms. The first kappa shape index (κ1) is 14.1. The Hall–Kier alpha value is -1.32. The lowest BCUT2D eigenvalue weighted by Gasteiger charge is -2.10. The van der Waals surface area contributed by atoms with Gasteiger partial charge in [0.2, 0.25) is 0 Å². The molecule has 0 heterocycles. The third-order valence-electron chi connectivity index (χ3n) is 2.54. The van der Waals surface area contributed by atoms with E-state index in [1.54, 1.807) is 6.07 Å². The summed E-state index contributed by atoms with van der Waals surface area (Å²) in [6.45, 7) is 0.204. The van der Waals surface area contributed by atoms with E-state index >= 15 is 0 Å². The van der Waals surface area contributed by atoms with Gasteiger partial charge in [-0.3, -0.25) is 0 Å². The molecule has 1 nitrogen and oxygen atoms in total. The predicted octanol–water partition coefficient (Wildman–Crippen LogP) is 4.94. The van der Waals surface area contributed by atoms with E-state index < -0.39 is 5.82 Å². The monoisotopic (exact) mass is 302 g/mol. The Balaban J connectivity index is 2.12. The molecule has 0 aliphatic carbocycles. The fourth-order valence-corrected chi connectivity index (χ4v) is 2.00. The van der Waals surface area contributed by atoms with Crippen LogP contribution in [0.15, 0.2) is 36.4 Å². The van der Waals surface area contributed by atoms with E-state index in [1.807, 2.05) is 0 Å². The maximum atomic E-state index is 13.0. The van der Waals surface area contributed by atoms with Crippen molar-refractivity contribution in [2.75, 3.05) is 0 Å². The predicted molar refractivity (Wildman–Crippen MR) is 71.7 cm³/mol. The summed E-state index contributed by atoms with van der Waals surface area (Å²) in [7, 11) is 0. The van der Waals surface area contributed by atoms with Crippen molar-refractivity contribution in [2.45, 2.75) is 12.5 Å². The molecule has 0 fully saturated rings. The second kappa shape index (κ2) is 6.22. The van der Waals surface area contributed by atoms with Crippen LogP contribution < -0.4 is 4.74 Å². The molecule has 2 aromatic rings. The summed E-state index contributed by atoms with van der Waals surface area (Å²) in [5, 5.41) is 0.0396.